The molecule has 5 heterocycles. The van der Waals surface area contributed by atoms with Gasteiger partial charge in [-0.1, -0.05) is 12.1 Å². The van der Waals surface area contributed by atoms with Crippen molar-refractivity contribution >= 4 is 23.0 Å². The minimum absolute atomic E-state index is 0.119. The van der Waals surface area contributed by atoms with Gasteiger partial charge in [-0.2, -0.15) is 0 Å². The van der Waals surface area contributed by atoms with Crippen molar-refractivity contribution in [3.63, 3.8) is 0 Å². The highest BCUT2D eigenvalue weighted by molar-refractivity contribution is 7.80. The average Bonchev–Trinajstić information content (AvgIpc) is 3.58. The largest absolute Gasteiger partial charge is 0.454 e. The van der Waals surface area contributed by atoms with Gasteiger partial charge in [0.2, 0.25) is 6.79 Å². The van der Waals surface area contributed by atoms with Crippen LogP contribution in [0.5, 0.6) is 11.5 Å². The Labute approximate surface area is 196 Å². The van der Waals surface area contributed by atoms with E-state index in [-0.39, 0.29) is 18.9 Å². The molecule has 2 aliphatic heterocycles. The second-order valence-electron chi connectivity index (χ2n) is 7.92. The van der Waals surface area contributed by atoms with Gasteiger partial charge < -0.3 is 24.3 Å². The van der Waals surface area contributed by atoms with Gasteiger partial charge in [0.1, 0.15) is 6.04 Å². The van der Waals surface area contributed by atoms with E-state index >= 15 is 0 Å². The van der Waals surface area contributed by atoms with Crippen LogP contribution >= 0.6 is 12.2 Å². The number of ether oxygens (including phenoxy) is 2. The molecule has 2 aliphatic rings. The molecule has 0 aliphatic carbocycles. The number of benzene rings is 1. The van der Waals surface area contributed by atoms with Crippen LogP contribution in [0, 0.1) is 0 Å². The lowest BCUT2D eigenvalue weighted by Gasteiger charge is -2.29. The molecule has 2 atom stereocenters. The minimum atomic E-state index is -0.124. The smallest absolute Gasteiger partial charge is 0.231 e. The van der Waals surface area contributed by atoms with Gasteiger partial charge in [-0.05, 0) is 60.7 Å². The van der Waals surface area contributed by atoms with Crippen molar-refractivity contribution in [2.24, 2.45) is 0 Å². The summed E-state index contributed by atoms with van der Waals surface area (Å²) in [4.78, 5) is 11.3. The summed E-state index contributed by atoms with van der Waals surface area (Å²) in [5, 5.41) is 4.15. The summed E-state index contributed by atoms with van der Waals surface area (Å²) in [5.74, 6) is 1.47. The number of thiocarbonyl (C=S) groups is 1. The Morgan fingerprint density at radius 2 is 1.79 bits per heavy atom. The van der Waals surface area contributed by atoms with E-state index in [9.17, 15) is 0 Å². The zero-order valence-electron chi connectivity index (χ0n) is 17.7. The molecule has 3 aromatic heterocycles. The van der Waals surface area contributed by atoms with Gasteiger partial charge in [-0.25, -0.2) is 0 Å². The molecule has 6 rings (SSSR count). The highest BCUT2D eigenvalue weighted by Crippen LogP contribution is 2.44. The molecule has 1 fully saturated rings. The lowest BCUT2D eigenvalue weighted by Crippen LogP contribution is -2.30. The van der Waals surface area contributed by atoms with E-state index < -0.39 is 0 Å². The quantitative estimate of drug-likeness (QED) is 0.452. The third-order valence-corrected chi connectivity index (χ3v) is 6.27. The van der Waals surface area contributed by atoms with Crippen LogP contribution in [-0.4, -0.2) is 26.4 Å². The molecule has 1 aromatic carbocycles. The standard InChI is InChI=1S/C25H21N5O2S/c33-25-28-23(19-7-2-4-12-27-19)24(30(25)18-9-10-21-22(14-18)32-16-31-21)20-8-5-13-29(20)15-17-6-1-3-11-26-17/h1-14,23-24H,15-16H2,(H,28,33)/t23-,24+/m1/s1. The molecule has 7 nitrogen and oxygen atoms in total. The second kappa shape index (κ2) is 8.22. The summed E-state index contributed by atoms with van der Waals surface area (Å²) in [6.45, 7) is 0.894. The SMILES string of the molecule is S=C1N[C@H](c2ccccn2)[C@H](c2cccn2Cc2ccccn2)N1c1ccc2c(c1)OCO2. The van der Waals surface area contributed by atoms with Crippen LogP contribution in [0.25, 0.3) is 0 Å². The van der Waals surface area contributed by atoms with E-state index in [4.69, 9.17) is 21.7 Å². The molecular formula is C25H21N5O2S. The van der Waals surface area contributed by atoms with E-state index in [0.717, 1.165) is 34.3 Å². The first-order valence-electron chi connectivity index (χ1n) is 10.7. The van der Waals surface area contributed by atoms with Gasteiger partial charge in [0.15, 0.2) is 16.6 Å². The Morgan fingerprint density at radius 1 is 0.939 bits per heavy atom. The first-order chi connectivity index (χ1) is 16.3. The Morgan fingerprint density at radius 3 is 2.61 bits per heavy atom. The molecule has 164 valence electrons. The molecule has 0 bridgehead atoms. The van der Waals surface area contributed by atoms with E-state index in [0.29, 0.717) is 11.7 Å². The minimum Gasteiger partial charge on any atom is -0.454 e. The second-order valence-corrected chi connectivity index (χ2v) is 8.30. The van der Waals surface area contributed by atoms with Crippen LogP contribution in [0.3, 0.4) is 0 Å². The van der Waals surface area contributed by atoms with E-state index in [1.54, 1.807) is 0 Å². The maximum atomic E-state index is 5.84. The molecule has 4 aromatic rings. The van der Waals surface area contributed by atoms with Gasteiger partial charge in [0.05, 0.1) is 24.0 Å². The molecule has 33 heavy (non-hydrogen) atoms. The fraction of sp³-hybridized carbons (Fsp3) is 0.160. The molecule has 1 N–H and O–H groups in total. The van der Waals surface area contributed by atoms with Crippen LogP contribution in [0.1, 0.15) is 29.2 Å². The zero-order chi connectivity index (χ0) is 22.2. The number of nitrogens with one attached hydrogen (secondary N) is 1. The molecule has 0 saturated carbocycles. The fourth-order valence-corrected chi connectivity index (χ4v) is 4.82. The number of nitrogens with zero attached hydrogens (tertiary/aromatic N) is 4. The maximum absolute atomic E-state index is 5.84. The highest BCUT2D eigenvalue weighted by atomic mass is 32.1. The number of pyridine rings is 2. The van der Waals surface area contributed by atoms with Gasteiger partial charge in [0, 0.05) is 36.0 Å². The monoisotopic (exact) mass is 455 g/mol. The molecule has 0 radical (unpaired) electrons. The van der Waals surface area contributed by atoms with Crippen LogP contribution in [0.15, 0.2) is 85.3 Å². The Bertz CT molecular complexity index is 1290. The number of fused-ring (bicyclic) bond motifs is 1. The lowest BCUT2D eigenvalue weighted by atomic mass is 10.0. The summed E-state index contributed by atoms with van der Waals surface area (Å²) >= 11 is 5.84. The van der Waals surface area contributed by atoms with Crippen molar-refractivity contribution in [3.8, 4) is 11.5 Å². The molecular weight excluding hydrogens is 434 g/mol. The number of hydrogen-bond acceptors (Lipinski definition) is 5. The first-order valence-corrected chi connectivity index (χ1v) is 11.1. The maximum Gasteiger partial charge on any atom is 0.231 e. The van der Waals surface area contributed by atoms with Gasteiger partial charge in [-0.15, -0.1) is 0 Å². The summed E-state index contributed by atoms with van der Waals surface area (Å²) in [5.41, 5.74) is 3.97. The lowest BCUT2D eigenvalue weighted by molar-refractivity contribution is 0.174. The summed E-state index contributed by atoms with van der Waals surface area (Å²) in [6, 6.07) is 21.8. The average molecular weight is 456 g/mol. The number of aromatic nitrogens is 3. The summed E-state index contributed by atoms with van der Waals surface area (Å²) in [7, 11) is 0. The molecule has 0 spiro atoms. The highest BCUT2D eigenvalue weighted by Gasteiger charge is 2.42. The first kappa shape index (κ1) is 19.8. The van der Waals surface area contributed by atoms with E-state index in [2.05, 4.69) is 43.1 Å². The van der Waals surface area contributed by atoms with Crippen molar-refractivity contribution in [3.05, 3.63) is 102 Å². The van der Waals surface area contributed by atoms with Crippen LogP contribution in [0.2, 0.25) is 0 Å². The van der Waals surface area contributed by atoms with Gasteiger partial charge in [0.25, 0.3) is 0 Å². The number of hydrogen-bond donors (Lipinski definition) is 1. The van der Waals surface area contributed by atoms with Crippen molar-refractivity contribution < 1.29 is 9.47 Å². The summed E-state index contributed by atoms with van der Waals surface area (Å²) < 4.78 is 13.4. The summed E-state index contributed by atoms with van der Waals surface area (Å²) in [6.07, 6.45) is 5.71. The van der Waals surface area contributed by atoms with Gasteiger partial charge in [-0.3, -0.25) is 9.97 Å². The van der Waals surface area contributed by atoms with Crippen molar-refractivity contribution in [1.82, 2.24) is 19.9 Å². The molecule has 0 unspecified atom stereocenters. The normalized spacial score (nSPS) is 19.0. The number of rotatable bonds is 5. The Balaban J connectivity index is 1.45. The molecule has 1 saturated heterocycles. The predicted molar refractivity (Wildman–Crippen MR) is 128 cm³/mol. The predicted octanol–water partition coefficient (Wildman–Crippen LogP) is 4.23. The van der Waals surface area contributed by atoms with Crippen molar-refractivity contribution in [2.75, 3.05) is 11.7 Å². The third kappa shape index (κ3) is 3.58. The van der Waals surface area contributed by atoms with Crippen LogP contribution in [0.4, 0.5) is 5.69 Å². The third-order valence-electron chi connectivity index (χ3n) is 5.96. The Hall–Kier alpha value is -3.91. The van der Waals surface area contributed by atoms with Crippen molar-refractivity contribution in [1.29, 1.82) is 0 Å². The van der Waals surface area contributed by atoms with Crippen LogP contribution in [-0.2, 0) is 6.54 Å². The molecule has 8 heteroatoms. The van der Waals surface area contributed by atoms with Gasteiger partial charge >= 0.3 is 0 Å². The molecule has 0 amide bonds. The van der Waals surface area contributed by atoms with Crippen LogP contribution < -0.4 is 19.7 Å². The number of anilines is 1. The Kier molecular flexibility index (Phi) is 4.92. The zero-order valence-corrected chi connectivity index (χ0v) is 18.5. The fourth-order valence-electron chi connectivity index (χ4n) is 4.47. The van der Waals surface area contributed by atoms with E-state index in [1.807, 2.05) is 67.0 Å². The topological polar surface area (TPSA) is 64.4 Å². The van der Waals surface area contributed by atoms with Crippen molar-refractivity contribution in [2.45, 2.75) is 18.6 Å². The van der Waals surface area contributed by atoms with E-state index in [1.165, 1.54) is 0 Å².